The van der Waals surface area contributed by atoms with Crippen LogP contribution in [0.2, 0.25) is 0 Å². The molecule has 1 aliphatic heterocycles. The van der Waals surface area contributed by atoms with E-state index in [1.54, 1.807) is 12.0 Å². The van der Waals surface area contributed by atoms with Gasteiger partial charge in [0.25, 0.3) is 0 Å². The molecule has 0 spiro atoms. The summed E-state index contributed by atoms with van der Waals surface area (Å²) in [5.74, 6) is 1.44. The molecule has 0 unspecified atom stereocenters. The lowest BCUT2D eigenvalue weighted by Gasteiger charge is -2.24. The van der Waals surface area contributed by atoms with Gasteiger partial charge in [0.2, 0.25) is 5.91 Å². The number of rotatable bonds is 4. The molecule has 3 rings (SSSR count). The van der Waals surface area contributed by atoms with Crippen LogP contribution in [0.25, 0.3) is 0 Å². The summed E-state index contributed by atoms with van der Waals surface area (Å²) in [6, 6.07) is 14.8. The molecule has 0 bridgehead atoms. The molecule has 2 aromatic carbocycles. The van der Waals surface area contributed by atoms with E-state index in [0.717, 1.165) is 23.4 Å². The van der Waals surface area contributed by atoms with Crippen molar-refractivity contribution in [1.82, 2.24) is 0 Å². The lowest BCUT2D eigenvalue weighted by atomic mass is 10.0. The van der Waals surface area contributed by atoms with Crippen molar-refractivity contribution in [3.8, 4) is 11.5 Å². The normalized spacial score (nSPS) is 15.0. The first kappa shape index (κ1) is 16.3. The maximum Gasteiger partial charge on any atom is 0.229 e. The summed E-state index contributed by atoms with van der Waals surface area (Å²) >= 11 is 0. The van der Waals surface area contributed by atoms with E-state index in [1.165, 1.54) is 0 Å². The zero-order valence-electron chi connectivity index (χ0n) is 13.8. The molecule has 0 radical (unpaired) electrons. The molecule has 126 valence electrons. The lowest BCUT2D eigenvalue weighted by molar-refractivity contribution is -0.119. The van der Waals surface area contributed by atoms with E-state index in [2.05, 4.69) is 0 Å². The minimum Gasteiger partial charge on any atom is -0.496 e. The predicted molar refractivity (Wildman–Crippen MR) is 93.4 cm³/mol. The monoisotopic (exact) mass is 326 g/mol. The topological polar surface area (TPSA) is 64.8 Å². The predicted octanol–water partition coefficient (Wildman–Crippen LogP) is 2.90. The van der Waals surface area contributed by atoms with Crippen LogP contribution in [0.3, 0.4) is 0 Å². The van der Waals surface area contributed by atoms with Gasteiger partial charge in [0.1, 0.15) is 11.5 Å². The molecule has 0 fully saturated rings. The van der Waals surface area contributed by atoms with Gasteiger partial charge in [-0.1, -0.05) is 30.3 Å². The number of nitrogens with zero attached hydrogens (tertiary/aromatic N) is 1. The Morgan fingerprint density at radius 3 is 2.83 bits per heavy atom. The van der Waals surface area contributed by atoms with Crippen LogP contribution >= 0.6 is 0 Å². The zero-order chi connectivity index (χ0) is 16.9. The number of anilines is 1. The smallest absolute Gasteiger partial charge is 0.229 e. The highest BCUT2D eigenvalue weighted by atomic mass is 16.5. The first-order valence-electron chi connectivity index (χ1n) is 8.11. The van der Waals surface area contributed by atoms with Crippen molar-refractivity contribution >= 4 is 11.6 Å². The second-order valence-electron chi connectivity index (χ2n) is 5.77. The van der Waals surface area contributed by atoms with Crippen LogP contribution in [-0.4, -0.2) is 26.2 Å². The maximum atomic E-state index is 12.8. The van der Waals surface area contributed by atoms with Crippen molar-refractivity contribution in [2.45, 2.75) is 18.9 Å². The van der Waals surface area contributed by atoms with E-state index in [9.17, 15) is 4.79 Å². The molecule has 1 amide bonds. The van der Waals surface area contributed by atoms with Gasteiger partial charge in [-0.25, -0.2) is 0 Å². The van der Waals surface area contributed by atoms with Gasteiger partial charge in [-0.3, -0.25) is 4.79 Å². The summed E-state index contributed by atoms with van der Waals surface area (Å²) in [4.78, 5) is 14.6. The third-order valence-corrected chi connectivity index (χ3v) is 4.17. The van der Waals surface area contributed by atoms with Crippen molar-refractivity contribution in [1.29, 1.82) is 0 Å². The molecular weight excluding hydrogens is 304 g/mol. The summed E-state index contributed by atoms with van der Waals surface area (Å²) in [5, 5.41) is 0. The van der Waals surface area contributed by atoms with Crippen molar-refractivity contribution in [2.24, 2.45) is 5.73 Å². The van der Waals surface area contributed by atoms with E-state index in [1.807, 2.05) is 48.5 Å². The number of methoxy groups -OCH3 is 1. The molecule has 0 aliphatic carbocycles. The molecule has 2 aromatic rings. The molecule has 0 saturated carbocycles. The lowest BCUT2D eigenvalue weighted by Crippen LogP contribution is -2.33. The Hall–Kier alpha value is -2.53. The van der Waals surface area contributed by atoms with Crippen LogP contribution in [0, 0.1) is 0 Å². The molecule has 24 heavy (non-hydrogen) atoms. The highest BCUT2D eigenvalue weighted by Crippen LogP contribution is 2.32. The molecule has 1 atom stereocenters. The van der Waals surface area contributed by atoms with Gasteiger partial charge in [-0.05, 0) is 24.6 Å². The van der Waals surface area contributed by atoms with E-state index < -0.39 is 6.04 Å². The van der Waals surface area contributed by atoms with E-state index in [-0.39, 0.29) is 12.3 Å². The van der Waals surface area contributed by atoms with Crippen molar-refractivity contribution in [3.63, 3.8) is 0 Å². The fraction of sp³-hybridized carbons (Fsp3) is 0.316. The Bertz CT molecular complexity index is 717. The number of carbonyl (C=O) groups is 1. The average molecular weight is 326 g/mol. The van der Waals surface area contributed by atoms with Gasteiger partial charge in [-0.2, -0.15) is 0 Å². The van der Waals surface area contributed by atoms with Crippen LogP contribution < -0.4 is 20.1 Å². The molecule has 0 aromatic heterocycles. The maximum absolute atomic E-state index is 12.8. The summed E-state index contributed by atoms with van der Waals surface area (Å²) in [5.41, 5.74) is 7.93. The van der Waals surface area contributed by atoms with Crippen LogP contribution in [0.15, 0.2) is 48.5 Å². The molecule has 1 heterocycles. The van der Waals surface area contributed by atoms with Crippen LogP contribution in [-0.2, 0) is 4.79 Å². The second-order valence-corrected chi connectivity index (χ2v) is 5.77. The van der Waals surface area contributed by atoms with Gasteiger partial charge >= 0.3 is 0 Å². The Morgan fingerprint density at radius 1 is 1.25 bits per heavy atom. The number of nitrogens with two attached hydrogens (primary N) is 1. The van der Waals surface area contributed by atoms with Gasteiger partial charge in [0.15, 0.2) is 0 Å². The number of benzene rings is 2. The molecular formula is C19H22N2O3. The van der Waals surface area contributed by atoms with E-state index in [4.69, 9.17) is 15.2 Å². The third kappa shape index (κ3) is 3.36. The molecule has 2 N–H and O–H groups in total. The zero-order valence-corrected chi connectivity index (χ0v) is 13.8. The molecule has 0 saturated heterocycles. The van der Waals surface area contributed by atoms with Crippen LogP contribution in [0.5, 0.6) is 11.5 Å². The Morgan fingerprint density at radius 2 is 2.00 bits per heavy atom. The Kier molecular flexibility index (Phi) is 5.01. The van der Waals surface area contributed by atoms with Crippen molar-refractivity contribution in [3.05, 3.63) is 54.1 Å². The van der Waals surface area contributed by atoms with Crippen molar-refractivity contribution < 1.29 is 14.3 Å². The highest BCUT2D eigenvalue weighted by molar-refractivity contribution is 5.95. The minimum absolute atomic E-state index is 0.00800. The van der Waals surface area contributed by atoms with Gasteiger partial charge in [-0.15, -0.1) is 0 Å². The van der Waals surface area contributed by atoms with E-state index in [0.29, 0.717) is 18.9 Å². The standard InChI is InChI=1S/C19H22N2O3/c1-23-17-9-4-2-7-14(17)15(20)13-19(22)21-11-6-12-24-18-10-5-3-8-16(18)21/h2-5,7-10,15H,6,11-13,20H2,1H3/t15-/m0/s1. The van der Waals surface area contributed by atoms with E-state index >= 15 is 0 Å². The minimum atomic E-state index is -0.412. The fourth-order valence-electron chi connectivity index (χ4n) is 2.97. The molecule has 5 nitrogen and oxygen atoms in total. The third-order valence-electron chi connectivity index (χ3n) is 4.17. The number of fused-ring (bicyclic) bond motifs is 1. The quantitative estimate of drug-likeness (QED) is 0.938. The van der Waals surface area contributed by atoms with Gasteiger partial charge in [0, 0.05) is 24.6 Å². The first-order valence-corrected chi connectivity index (χ1v) is 8.11. The number of para-hydroxylation sites is 3. The van der Waals surface area contributed by atoms with Crippen molar-refractivity contribution in [2.75, 3.05) is 25.2 Å². The number of ether oxygens (including phenoxy) is 2. The number of carbonyl (C=O) groups excluding carboxylic acids is 1. The van der Waals surface area contributed by atoms with Gasteiger partial charge in [0.05, 0.1) is 19.4 Å². The first-order chi connectivity index (χ1) is 11.7. The second kappa shape index (κ2) is 7.36. The number of hydrogen-bond acceptors (Lipinski definition) is 4. The largest absolute Gasteiger partial charge is 0.496 e. The molecule has 1 aliphatic rings. The average Bonchev–Trinajstić information content (AvgIpc) is 2.84. The SMILES string of the molecule is COc1ccccc1[C@@H](N)CC(=O)N1CCCOc2ccccc21. The summed E-state index contributed by atoms with van der Waals surface area (Å²) in [7, 11) is 1.61. The highest BCUT2D eigenvalue weighted by Gasteiger charge is 2.24. The summed E-state index contributed by atoms with van der Waals surface area (Å²) in [6.07, 6.45) is 1.01. The van der Waals surface area contributed by atoms with Crippen LogP contribution in [0.1, 0.15) is 24.4 Å². The van der Waals surface area contributed by atoms with Crippen LogP contribution in [0.4, 0.5) is 5.69 Å². The Labute approximate surface area is 142 Å². The summed E-state index contributed by atoms with van der Waals surface area (Å²) < 4.78 is 11.1. The number of hydrogen-bond donors (Lipinski definition) is 1. The summed E-state index contributed by atoms with van der Waals surface area (Å²) in [6.45, 7) is 1.24. The fourth-order valence-corrected chi connectivity index (χ4v) is 2.97. The number of amides is 1. The van der Waals surface area contributed by atoms with Gasteiger partial charge < -0.3 is 20.1 Å². The Balaban J connectivity index is 1.79. The molecule has 5 heteroatoms.